The van der Waals surface area contributed by atoms with Crippen LogP contribution in [0.1, 0.15) is 26.7 Å². The molecule has 2 saturated heterocycles. The van der Waals surface area contributed by atoms with Gasteiger partial charge in [-0.25, -0.2) is 0 Å². The van der Waals surface area contributed by atoms with E-state index in [1.54, 1.807) is 0 Å². The Hall–Kier alpha value is -0.600. The van der Waals surface area contributed by atoms with E-state index in [1.807, 2.05) is 0 Å². The minimum Gasteiger partial charge on any atom is -0.306 e. The minimum atomic E-state index is 0.406. The first-order chi connectivity index (χ1) is 8.58. The lowest BCUT2D eigenvalue weighted by molar-refractivity contribution is 0.116. The topological polar surface area (TPSA) is 6.48 Å². The Bertz CT molecular complexity index is 361. The van der Waals surface area contributed by atoms with Crippen LogP contribution in [0.25, 0.3) is 0 Å². The third kappa shape index (κ3) is 2.06. The highest BCUT2D eigenvalue weighted by molar-refractivity contribution is 5.20. The van der Waals surface area contributed by atoms with Crippen molar-refractivity contribution in [2.24, 2.45) is 11.3 Å². The molecule has 1 radical (unpaired) electrons. The largest absolute Gasteiger partial charge is 0.306 e. The zero-order valence-corrected chi connectivity index (χ0v) is 11.9. The van der Waals surface area contributed by atoms with Crippen molar-refractivity contribution < 1.29 is 0 Å². The molecule has 0 spiro atoms. The molecule has 2 unspecified atom stereocenters. The zero-order chi connectivity index (χ0) is 12.8. The van der Waals surface area contributed by atoms with Gasteiger partial charge >= 0.3 is 0 Å². The number of piperidine rings is 1. The van der Waals surface area contributed by atoms with Gasteiger partial charge in [-0.3, -0.25) is 4.90 Å². The molecular formula is C16H25N2. The number of allylic oxidation sites excluding steroid dienone is 2. The number of hydrogen-bond acceptors (Lipinski definition) is 2. The van der Waals surface area contributed by atoms with Gasteiger partial charge in [-0.1, -0.05) is 32.1 Å². The lowest BCUT2D eigenvalue weighted by atomic mass is 9.77. The summed E-state index contributed by atoms with van der Waals surface area (Å²) in [5.41, 5.74) is 0.406. The lowest BCUT2D eigenvalue weighted by Gasteiger charge is -2.38. The highest BCUT2D eigenvalue weighted by atomic mass is 15.2. The normalized spacial score (nSPS) is 37.1. The first-order valence-corrected chi connectivity index (χ1v) is 7.28. The van der Waals surface area contributed by atoms with Crippen molar-refractivity contribution in [3.05, 3.63) is 24.3 Å². The maximum atomic E-state index is 3.31. The van der Waals surface area contributed by atoms with Crippen LogP contribution in [-0.2, 0) is 0 Å². The molecule has 0 bridgehead atoms. The Balaban J connectivity index is 1.77. The highest BCUT2D eigenvalue weighted by Gasteiger charge is 2.47. The van der Waals surface area contributed by atoms with Gasteiger partial charge in [0.2, 0.25) is 0 Å². The zero-order valence-electron chi connectivity index (χ0n) is 11.9. The summed E-state index contributed by atoms with van der Waals surface area (Å²) in [7, 11) is 2.24. The van der Waals surface area contributed by atoms with Gasteiger partial charge in [-0.2, -0.15) is 0 Å². The van der Waals surface area contributed by atoms with E-state index >= 15 is 0 Å². The molecular weight excluding hydrogens is 220 g/mol. The van der Waals surface area contributed by atoms with Crippen LogP contribution < -0.4 is 0 Å². The van der Waals surface area contributed by atoms with E-state index in [-0.39, 0.29) is 0 Å². The molecule has 0 N–H and O–H groups in total. The summed E-state index contributed by atoms with van der Waals surface area (Å²) in [5, 5.41) is 0. The Labute approximate surface area is 111 Å². The molecule has 0 aromatic carbocycles. The summed E-state index contributed by atoms with van der Waals surface area (Å²) in [5.74, 6) is 0.679. The number of hydrogen-bond donors (Lipinski definition) is 0. The van der Waals surface area contributed by atoms with Crippen molar-refractivity contribution in [3.8, 4) is 0 Å². The predicted molar refractivity (Wildman–Crippen MR) is 75.2 cm³/mol. The molecule has 18 heavy (non-hydrogen) atoms. The SMILES string of the molecule is CN1CCC(N2CC(C)(C)C3C=C[C]=CC32)CC1. The number of nitrogens with zero attached hydrogens (tertiary/aromatic N) is 2. The van der Waals surface area contributed by atoms with Crippen LogP contribution in [0, 0.1) is 17.4 Å². The van der Waals surface area contributed by atoms with Gasteiger partial charge in [-0.05, 0) is 44.5 Å². The van der Waals surface area contributed by atoms with E-state index in [4.69, 9.17) is 0 Å². The van der Waals surface area contributed by atoms with Gasteiger partial charge in [0, 0.05) is 24.5 Å². The van der Waals surface area contributed by atoms with E-state index in [0.29, 0.717) is 17.4 Å². The number of fused-ring (bicyclic) bond motifs is 1. The van der Waals surface area contributed by atoms with Gasteiger partial charge in [0.25, 0.3) is 0 Å². The first kappa shape index (κ1) is 12.4. The minimum absolute atomic E-state index is 0.406. The van der Waals surface area contributed by atoms with Crippen LogP contribution in [0.15, 0.2) is 18.2 Å². The Morgan fingerprint density at radius 2 is 1.94 bits per heavy atom. The maximum absolute atomic E-state index is 3.31. The van der Waals surface area contributed by atoms with Crippen molar-refractivity contribution >= 4 is 0 Å². The van der Waals surface area contributed by atoms with Crippen LogP contribution >= 0.6 is 0 Å². The quantitative estimate of drug-likeness (QED) is 0.699. The van der Waals surface area contributed by atoms with Gasteiger partial charge < -0.3 is 4.90 Å². The summed E-state index contributed by atoms with van der Waals surface area (Å²) in [4.78, 5) is 5.21. The molecule has 2 aliphatic heterocycles. The van der Waals surface area contributed by atoms with Crippen molar-refractivity contribution in [1.82, 2.24) is 9.80 Å². The van der Waals surface area contributed by atoms with Gasteiger partial charge in [0.1, 0.15) is 0 Å². The Morgan fingerprint density at radius 1 is 1.22 bits per heavy atom. The summed E-state index contributed by atoms with van der Waals surface area (Å²) in [6.45, 7) is 8.58. The van der Waals surface area contributed by atoms with Crippen molar-refractivity contribution in [3.63, 3.8) is 0 Å². The molecule has 3 rings (SSSR count). The fourth-order valence-electron chi connectivity index (χ4n) is 3.94. The molecule has 0 aromatic heterocycles. The second kappa shape index (κ2) is 4.50. The van der Waals surface area contributed by atoms with Crippen molar-refractivity contribution in [1.29, 1.82) is 0 Å². The number of likely N-dealkylation sites (tertiary alicyclic amines) is 2. The molecule has 2 atom stereocenters. The summed E-state index contributed by atoms with van der Waals surface area (Å²) < 4.78 is 0. The summed E-state index contributed by atoms with van der Waals surface area (Å²) in [6, 6.07) is 1.37. The molecule has 1 aliphatic carbocycles. The van der Waals surface area contributed by atoms with E-state index in [1.165, 1.54) is 32.5 Å². The summed E-state index contributed by atoms with van der Waals surface area (Å²) >= 11 is 0. The fourth-order valence-corrected chi connectivity index (χ4v) is 3.94. The van der Waals surface area contributed by atoms with Gasteiger partial charge in [0.15, 0.2) is 0 Å². The third-order valence-corrected chi connectivity index (χ3v) is 5.07. The first-order valence-electron chi connectivity index (χ1n) is 7.28. The number of rotatable bonds is 1. The van der Waals surface area contributed by atoms with Crippen LogP contribution in [0.2, 0.25) is 0 Å². The molecule has 3 aliphatic rings. The predicted octanol–water partition coefficient (Wildman–Crippen LogP) is 2.34. The molecule has 99 valence electrons. The van der Waals surface area contributed by atoms with Crippen LogP contribution in [0.4, 0.5) is 0 Å². The van der Waals surface area contributed by atoms with Crippen LogP contribution in [0.3, 0.4) is 0 Å². The maximum Gasteiger partial charge on any atom is 0.0358 e. The average Bonchev–Trinajstić information content (AvgIpc) is 2.63. The average molecular weight is 245 g/mol. The molecule has 0 amide bonds. The second-order valence-corrected chi connectivity index (χ2v) is 6.90. The van der Waals surface area contributed by atoms with E-state index in [0.717, 1.165) is 6.04 Å². The Kier molecular flexibility index (Phi) is 3.11. The molecule has 0 saturated carbocycles. The van der Waals surface area contributed by atoms with Crippen molar-refractivity contribution in [2.75, 3.05) is 26.7 Å². The monoisotopic (exact) mass is 245 g/mol. The van der Waals surface area contributed by atoms with Gasteiger partial charge in [-0.15, -0.1) is 0 Å². The van der Waals surface area contributed by atoms with E-state index in [9.17, 15) is 0 Å². The van der Waals surface area contributed by atoms with Gasteiger partial charge in [0.05, 0.1) is 0 Å². The summed E-state index contributed by atoms with van der Waals surface area (Å²) in [6.07, 6.45) is 12.8. The fraction of sp³-hybridized carbons (Fsp3) is 0.750. The smallest absolute Gasteiger partial charge is 0.0358 e. The lowest BCUT2D eigenvalue weighted by Crippen LogP contribution is -2.46. The molecule has 0 aromatic rings. The van der Waals surface area contributed by atoms with Crippen LogP contribution in [-0.4, -0.2) is 48.6 Å². The molecule has 2 heterocycles. The Morgan fingerprint density at radius 3 is 2.67 bits per heavy atom. The third-order valence-electron chi connectivity index (χ3n) is 5.07. The van der Waals surface area contributed by atoms with Crippen molar-refractivity contribution in [2.45, 2.75) is 38.8 Å². The van der Waals surface area contributed by atoms with Crippen LogP contribution in [0.5, 0.6) is 0 Å². The second-order valence-electron chi connectivity index (χ2n) is 6.90. The molecule has 2 nitrogen and oxygen atoms in total. The standard InChI is InChI=1S/C16H25N2/c1-16(2)12-18(13-8-10-17(3)11-9-13)15-7-5-4-6-14(15)16/h4,6-7,13-15H,8-12H2,1-3H3. The molecule has 2 fully saturated rings. The van der Waals surface area contributed by atoms with E-state index < -0.39 is 0 Å². The molecule has 2 heteroatoms. The van der Waals surface area contributed by atoms with E-state index in [2.05, 4.69) is 55.0 Å². The highest BCUT2D eigenvalue weighted by Crippen LogP contribution is 2.44.